The molecule has 1 atom stereocenters. The van der Waals surface area contributed by atoms with E-state index in [1.807, 2.05) is 13.8 Å². The highest BCUT2D eigenvalue weighted by Crippen LogP contribution is 2.23. The molecule has 1 aromatic rings. The van der Waals surface area contributed by atoms with Crippen LogP contribution in [0.3, 0.4) is 0 Å². The molecule has 4 nitrogen and oxygen atoms in total. The molecule has 1 saturated heterocycles. The number of hydrogen-bond acceptors (Lipinski definition) is 3. The van der Waals surface area contributed by atoms with E-state index in [-0.39, 0.29) is 17.6 Å². The van der Waals surface area contributed by atoms with Crippen LogP contribution in [0.25, 0.3) is 0 Å². The molecular weight excluding hydrogens is 295 g/mol. The zero-order chi connectivity index (χ0) is 16.8. The predicted molar refractivity (Wildman–Crippen MR) is 88.6 cm³/mol. The first-order valence-corrected chi connectivity index (χ1v) is 8.45. The largest absolute Gasteiger partial charge is 0.387 e. The van der Waals surface area contributed by atoms with Crippen molar-refractivity contribution in [3.05, 3.63) is 35.1 Å². The van der Waals surface area contributed by atoms with Gasteiger partial charge in [-0.1, -0.05) is 13.0 Å². The lowest BCUT2D eigenvalue weighted by molar-refractivity contribution is -0.126. The molecule has 1 amide bonds. The summed E-state index contributed by atoms with van der Waals surface area (Å²) in [5.41, 5.74) is 1.54. The Morgan fingerprint density at radius 3 is 2.74 bits per heavy atom. The second kappa shape index (κ2) is 8.41. The Morgan fingerprint density at radius 2 is 2.13 bits per heavy atom. The highest BCUT2D eigenvalue weighted by atomic mass is 19.1. The van der Waals surface area contributed by atoms with Gasteiger partial charge in [-0.25, -0.2) is 4.39 Å². The lowest BCUT2D eigenvalue weighted by atomic mass is 9.95. The van der Waals surface area contributed by atoms with Crippen LogP contribution in [0.4, 0.5) is 4.39 Å². The SMILES string of the molecule is CCCNC(=O)C1CCN(CC(O)c2ccc(F)cc2C)CC1. The van der Waals surface area contributed by atoms with Gasteiger partial charge in [0, 0.05) is 19.0 Å². The van der Waals surface area contributed by atoms with Gasteiger partial charge in [0.15, 0.2) is 0 Å². The van der Waals surface area contributed by atoms with Crippen molar-refractivity contribution >= 4 is 5.91 Å². The van der Waals surface area contributed by atoms with Crippen LogP contribution in [0.5, 0.6) is 0 Å². The highest BCUT2D eigenvalue weighted by molar-refractivity contribution is 5.78. The number of nitrogens with zero attached hydrogens (tertiary/aromatic N) is 1. The van der Waals surface area contributed by atoms with Crippen LogP contribution < -0.4 is 5.32 Å². The number of halogens is 1. The number of piperidine rings is 1. The number of likely N-dealkylation sites (tertiary alicyclic amines) is 1. The Morgan fingerprint density at radius 1 is 1.43 bits per heavy atom. The average Bonchev–Trinajstić information content (AvgIpc) is 2.53. The fourth-order valence-electron chi connectivity index (χ4n) is 3.13. The summed E-state index contributed by atoms with van der Waals surface area (Å²) in [6.45, 7) is 6.73. The van der Waals surface area contributed by atoms with Crippen molar-refractivity contribution in [3.8, 4) is 0 Å². The van der Waals surface area contributed by atoms with Crippen LogP contribution >= 0.6 is 0 Å². The number of hydrogen-bond donors (Lipinski definition) is 2. The Kier molecular flexibility index (Phi) is 6.54. The first kappa shape index (κ1) is 17.9. The quantitative estimate of drug-likeness (QED) is 0.846. The lowest BCUT2D eigenvalue weighted by Gasteiger charge is -2.32. The minimum Gasteiger partial charge on any atom is -0.387 e. The number of carbonyl (C=O) groups excluding carboxylic acids is 1. The van der Waals surface area contributed by atoms with Crippen molar-refractivity contribution in [1.82, 2.24) is 10.2 Å². The minimum absolute atomic E-state index is 0.0856. The predicted octanol–water partition coefficient (Wildman–Crippen LogP) is 2.41. The molecular formula is C18H27FN2O2. The van der Waals surface area contributed by atoms with E-state index in [9.17, 15) is 14.3 Å². The number of aryl methyl sites for hydroxylation is 1. The zero-order valence-electron chi connectivity index (χ0n) is 14.0. The molecule has 1 aliphatic heterocycles. The number of β-amino-alcohol motifs (C(OH)–C–C–N with tert-alkyl or cyclic N) is 1. The van der Waals surface area contributed by atoms with E-state index in [0.29, 0.717) is 6.54 Å². The summed E-state index contributed by atoms with van der Waals surface area (Å²) in [6.07, 6.45) is 1.98. The van der Waals surface area contributed by atoms with Crippen LogP contribution in [-0.4, -0.2) is 42.1 Å². The maximum absolute atomic E-state index is 13.1. The molecule has 1 unspecified atom stereocenters. The van der Waals surface area contributed by atoms with Crippen LogP contribution in [-0.2, 0) is 4.79 Å². The van der Waals surface area contributed by atoms with Crippen LogP contribution in [0.2, 0.25) is 0 Å². The Hall–Kier alpha value is -1.46. The molecule has 0 spiro atoms. The number of aliphatic hydroxyl groups excluding tert-OH is 1. The smallest absolute Gasteiger partial charge is 0.223 e. The van der Waals surface area contributed by atoms with Gasteiger partial charge in [-0.15, -0.1) is 0 Å². The average molecular weight is 322 g/mol. The summed E-state index contributed by atoms with van der Waals surface area (Å²) in [5, 5.41) is 13.3. The summed E-state index contributed by atoms with van der Waals surface area (Å²) >= 11 is 0. The zero-order valence-corrected chi connectivity index (χ0v) is 14.0. The number of amides is 1. The van der Waals surface area contributed by atoms with E-state index < -0.39 is 6.10 Å². The van der Waals surface area contributed by atoms with Crippen LogP contribution in [0, 0.1) is 18.7 Å². The topological polar surface area (TPSA) is 52.6 Å². The number of aliphatic hydroxyl groups is 1. The third-order valence-electron chi connectivity index (χ3n) is 4.53. The van der Waals surface area contributed by atoms with Crippen molar-refractivity contribution < 1.29 is 14.3 Å². The highest BCUT2D eigenvalue weighted by Gasteiger charge is 2.26. The molecule has 2 rings (SSSR count). The van der Waals surface area contributed by atoms with Gasteiger partial charge in [0.2, 0.25) is 5.91 Å². The molecule has 5 heteroatoms. The van der Waals surface area contributed by atoms with E-state index in [4.69, 9.17) is 0 Å². The van der Waals surface area contributed by atoms with E-state index in [1.165, 1.54) is 12.1 Å². The summed E-state index contributed by atoms with van der Waals surface area (Å²) in [5.74, 6) is -0.0405. The van der Waals surface area contributed by atoms with E-state index >= 15 is 0 Å². The molecule has 2 N–H and O–H groups in total. The third-order valence-corrected chi connectivity index (χ3v) is 4.53. The number of rotatable bonds is 6. The van der Waals surface area contributed by atoms with Crippen molar-refractivity contribution in [2.75, 3.05) is 26.2 Å². The molecule has 0 radical (unpaired) electrons. The monoisotopic (exact) mass is 322 g/mol. The second-order valence-corrected chi connectivity index (χ2v) is 6.38. The molecule has 0 saturated carbocycles. The van der Waals surface area contributed by atoms with Crippen LogP contribution in [0.15, 0.2) is 18.2 Å². The molecule has 128 valence electrons. The normalized spacial score (nSPS) is 17.9. The molecule has 1 aromatic carbocycles. The molecule has 0 aromatic heterocycles. The van der Waals surface area contributed by atoms with Crippen molar-refractivity contribution in [2.24, 2.45) is 5.92 Å². The van der Waals surface area contributed by atoms with Gasteiger partial charge in [-0.2, -0.15) is 0 Å². The van der Waals surface area contributed by atoms with E-state index in [0.717, 1.165) is 50.0 Å². The first-order chi connectivity index (χ1) is 11.0. The van der Waals surface area contributed by atoms with Gasteiger partial charge in [0.25, 0.3) is 0 Å². The fourth-order valence-corrected chi connectivity index (χ4v) is 3.13. The summed E-state index contributed by atoms with van der Waals surface area (Å²) < 4.78 is 13.1. The van der Waals surface area contributed by atoms with Gasteiger partial charge in [0.1, 0.15) is 5.82 Å². The van der Waals surface area contributed by atoms with Gasteiger partial charge in [-0.3, -0.25) is 4.79 Å². The Balaban J connectivity index is 1.83. The first-order valence-electron chi connectivity index (χ1n) is 8.45. The Labute approximate surface area is 137 Å². The fraction of sp³-hybridized carbons (Fsp3) is 0.611. The number of benzene rings is 1. The van der Waals surface area contributed by atoms with Crippen LogP contribution in [0.1, 0.15) is 43.4 Å². The van der Waals surface area contributed by atoms with Gasteiger partial charge in [0.05, 0.1) is 6.10 Å². The molecule has 1 heterocycles. The lowest BCUT2D eigenvalue weighted by Crippen LogP contribution is -2.42. The standard InChI is InChI=1S/C18H27FN2O2/c1-3-8-20-18(23)14-6-9-21(10-7-14)12-17(22)16-5-4-15(19)11-13(16)2/h4-5,11,14,17,22H,3,6-10,12H2,1-2H3,(H,20,23). The van der Waals surface area contributed by atoms with E-state index in [1.54, 1.807) is 6.07 Å². The minimum atomic E-state index is -0.624. The Bertz CT molecular complexity index is 528. The summed E-state index contributed by atoms with van der Waals surface area (Å²) in [6, 6.07) is 4.49. The second-order valence-electron chi connectivity index (χ2n) is 6.38. The molecule has 23 heavy (non-hydrogen) atoms. The van der Waals surface area contributed by atoms with Gasteiger partial charge < -0.3 is 15.3 Å². The van der Waals surface area contributed by atoms with Crippen molar-refractivity contribution in [2.45, 2.75) is 39.2 Å². The molecule has 1 aliphatic rings. The maximum atomic E-state index is 13.1. The number of nitrogens with one attached hydrogen (secondary N) is 1. The summed E-state index contributed by atoms with van der Waals surface area (Å²) in [4.78, 5) is 14.1. The van der Waals surface area contributed by atoms with Crippen molar-refractivity contribution in [3.63, 3.8) is 0 Å². The van der Waals surface area contributed by atoms with Gasteiger partial charge in [-0.05, 0) is 62.5 Å². The maximum Gasteiger partial charge on any atom is 0.223 e. The number of carbonyl (C=O) groups is 1. The molecule has 1 fully saturated rings. The van der Waals surface area contributed by atoms with Gasteiger partial charge >= 0.3 is 0 Å². The molecule has 0 aliphatic carbocycles. The molecule has 0 bridgehead atoms. The summed E-state index contributed by atoms with van der Waals surface area (Å²) in [7, 11) is 0. The third kappa shape index (κ3) is 5.01. The van der Waals surface area contributed by atoms with E-state index in [2.05, 4.69) is 10.2 Å². The van der Waals surface area contributed by atoms with Crippen molar-refractivity contribution in [1.29, 1.82) is 0 Å².